The lowest BCUT2D eigenvalue weighted by Crippen LogP contribution is -2.32. The van der Waals surface area contributed by atoms with Crippen molar-refractivity contribution in [3.8, 4) is 22.5 Å². The number of nitrogens with zero attached hydrogens (tertiary/aromatic N) is 2. The maximum Gasteiger partial charge on any atom is 0.0736 e. The lowest BCUT2D eigenvalue weighted by atomic mass is 9.67. The van der Waals surface area contributed by atoms with Crippen molar-refractivity contribution in [1.82, 2.24) is 9.13 Å². The molecule has 0 unspecified atom stereocenters. The van der Waals surface area contributed by atoms with Crippen LogP contribution in [0.1, 0.15) is 22.3 Å². The van der Waals surface area contributed by atoms with E-state index in [9.17, 15) is 0 Å². The molecule has 1 spiro atoms. The molecule has 2 aromatic heterocycles. The van der Waals surface area contributed by atoms with Crippen LogP contribution in [0.15, 0.2) is 192 Å². The Morgan fingerprint density at radius 2 is 0.731 bits per heavy atom. The summed E-state index contributed by atoms with van der Waals surface area (Å²) in [7, 11) is 0. The highest BCUT2D eigenvalue weighted by Gasteiger charge is 2.51. The van der Waals surface area contributed by atoms with E-state index in [2.05, 4.69) is 191 Å². The summed E-state index contributed by atoms with van der Waals surface area (Å²) in [4.78, 5) is 2.62. The normalized spacial score (nSPS) is 13.8. The number of hydrogen-bond acceptors (Lipinski definition) is 1. The molecule has 0 saturated heterocycles. The van der Waals surface area contributed by atoms with Crippen molar-refractivity contribution in [3.63, 3.8) is 0 Å². The van der Waals surface area contributed by atoms with E-state index in [0.717, 1.165) is 0 Å². The molecule has 12 rings (SSSR count). The SMILES string of the molecule is c1ccc(-n2c3ccccc3c3cc4c(cc32)C2(c3ccccc3Sc3ccccc32)c2cc3c(cc2-4)c2ccccc2n3-c2ccccc2)cc1. The number of rotatable bonds is 2. The molecule has 0 fully saturated rings. The molecule has 3 heteroatoms. The minimum atomic E-state index is -0.512. The molecule has 242 valence electrons. The van der Waals surface area contributed by atoms with E-state index in [-0.39, 0.29) is 0 Å². The fourth-order valence-electron chi connectivity index (χ4n) is 9.53. The van der Waals surface area contributed by atoms with E-state index >= 15 is 0 Å². The number of benzene rings is 8. The van der Waals surface area contributed by atoms with Crippen molar-refractivity contribution in [2.24, 2.45) is 0 Å². The summed E-state index contributed by atoms with van der Waals surface area (Å²) in [5.41, 5.74) is 14.8. The van der Waals surface area contributed by atoms with E-state index in [1.54, 1.807) is 0 Å². The first-order valence-electron chi connectivity index (χ1n) is 17.9. The highest BCUT2D eigenvalue weighted by atomic mass is 32.2. The molecule has 10 aromatic rings. The van der Waals surface area contributed by atoms with Crippen LogP contribution in [0.2, 0.25) is 0 Å². The third-order valence-corrected chi connectivity index (χ3v) is 12.7. The van der Waals surface area contributed by atoms with Gasteiger partial charge in [-0.05, 0) is 106 Å². The standard InChI is InChI=1S/C49H30N2S/c1-3-15-31(16-4-1)50-43-23-11-7-19-33(43)37-27-35-36-28-38-34-20-8-12-24-44(34)51(32-17-5-2-6-18-32)46(38)30-42(36)49(41(35)29-45(37)50)39-21-9-13-25-47(39)52-48-26-14-10-22-40(48)49/h1-30H. The zero-order valence-corrected chi connectivity index (χ0v) is 28.9. The summed E-state index contributed by atoms with van der Waals surface area (Å²) in [5.74, 6) is 0. The molecule has 0 radical (unpaired) electrons. The molecular formula is C49H30N2S. The molecule has 3 heterocycles. The predicted octanol–water partition coefficient (Wildman–Crippen LogP) is 12.7. The van der Waals surface area contributed by atoms with Crippen molar-refractivity contribution in [2.75, 3.05) is 0 Å². The molecular weight excluding hydrogens is 649 g/mol. The van der Waals surface area contributed by atoms with E-state index in [1.807, 2.05) is 11.8 Å². The van der Waals surface area contributed by atoms with Crippen LogP contribution in [0, 0.1) is 0 Å². The van der Waals surface area contributed by atoms with Gasteiger partial charge < -0.3 is 9.13 Å². The molecule has 1 aliphatic heterocycles. The Bertz CT molecular complexity index is 2880. The highest BCUT2D eigenvalue weighted by Crippen LogP contribution is 2.63. The summed E-state index contributed by atoms with van der Waals surface area (Å²) in [6, 6.07) is 67.8. The molecule has 0 bridgehead atoms. The molecule has 52 heavy (non-hydrogen) atoms. The second kappa shape index (κ2) is 10.4. The average Bonchev–Trinajstić information content (AvgIpc) is 3.81. The predicted molar refractivity (Wildman–Crippen MR) is 217 cm³/mol. The summed E-state index contributed by atoms with van der Waals surface area (Å²) < 4.78 is 4.93. The summed E-state index contributed by atoms with van der Waals surface area (Å²) in [6.45, 7) is 0. The van der Waals surface area contributed by atoms with Crippen molar-refractivity contribution in [2.45, 2.75) is 15.2 Å². The molecule has 8 aromatic carbocycles. The van der Waals surface area contributed by atoms with E-state index in [4.69, 9.17) is 0 Å². The zero-order chi connectivity index (χ0) is 34.0. The molecule has 0 N–H and O–H groups in total. The van der Waals surface area contributed by atoms with Crippen LogP contribution >= 0.6 is 11.8 Å². The van der Waals surface area contributed by atoms with Crippen LogP contribution in [-0.2, 0) is 5.41 Å². The molecule has 1 aliphatic carbocycles. The smallest absolute Gasteiger partial charge is 0.0736 e. The third kappa shape index (κ3) is 3.56. The van der Waals surface area contributed by atoms with Crippen LogP contribution in [0.4, 0.5) is 0 Å². The number of fused-ring (bicyclic) bond motifs is 15. The van der Waals surface area contributed by atoms with Gasteiger partial charge in [0.05, 0.1) is 27.5 Å². The van der Waals surface area contributed by atoms with Crippen LogP contribution in [0.5, 0.6) is 0 Å². The molecule has 0 atom stereocenters. The average molecular weight is 679 g/mol. The lowest BCUT2D eigenvalue weighted by Gasteiger charge is -2.39. The van der Waals surface area contributed by atoms with E-state index in [0.29, 0.717) is 0 Å². The van der Waals surface area contributed by atoms with Gasteiger partial charge in [-0.2, -0.15) is 0 Å². The Kier molecular flexibility index (Phi) is 5.67. The molecule has 2 aliphatic rings. The van der Waals surface area contributed by atoms with Gasteiger partial charge in [0.2, 0.25) is 0 Å². The van der Waals surface area contributed by atoms with Crippen LogP contribution < -0.4 is 0 Å². The Morgan fingerprint density at radius 1 is 0.327 bits per heavy atom. The zero-order valence-electron chi connectivity index (χ0n) is 28.1. The van der Waals surface area contributed by atoms with Gasteiger partial charge in [-0.1, -0.05) is 121 Å². The summed E-state index contributed by atoms with van der Waals surface area (Å²) in [6.07, 6.45) is 0. The topological polar surface area (TPSA) is 9.86 Å². The van der Waals surface area contributed by atoms with Crippen molar-refractivity contribution < 1.29 is 0 Å². The lowest BCUT2D eigenvalue weighted by molar-refractivity contribution is 0.723. The van der Waals surface area contributed by atoms with Crippen LogP contribution in [-0.4, -0.2) is 9.13 Å². The van der Waals surface area contributed by atoms with Crippen LogP contribution in [0.3, 0.4) is 0 Å². The Labute approximate surface area is 305 Å². The van der Waals surface area contributed by atoms with Gasteiger partial charge in [0.25, 0.3) is 0 Å². The van der Waals surface area contributed by atoms with Gasteiger partial charge >= 0.3 is 0 Å². The van der Waals surface area contributed by atoms with Gasteiger partial charge in [-0.15, -0.1) is 0 Å². The first-order chi connectivity index (χ1) is 25.8. The maximum absolute atomic E-state index is 2.54. The third-order valence-electron chi connectivity index (χ3n) is 11.6. The van der Waals surface area contributed by atoms with Gasteiger partial charge in [0.1, 0.15) is 0 Å². The van der Waals surface area contributed by atoms with Crippen LogP contribution in [0.25, 0.3) is 66.1 Å². The minimum absolute atomic E-state index is 0.512. The molecule has 0 saturated carbocycles. The van der Waals surface area contributed by atoms with Gasteiger partial charge in [0, 0.05) is 42.7 Å². The quantitative estimate of drug-likeness (QED) is 0.177. The van der Waals surface area contributed by atoms with Gasteiger partial charge in [0.15, 0.2) is 0 Å². The van der Waals surface area contributed by atoms with E-state index < -0.39 is 5.41 Å². The highest BCUT2D eigenvalue weighted by molar-refractivity contribution is 7.99. The molecule has 0 amide bonds. The van der Waals surface area contributed by atoms with Crippen molar-refractivity contribution >= 4 is 55.4 Å². The summed E-state index contributed by atoms with van der Waals surface area (Å²) in [5, 5.41) is 5.10. The number of para-hydroxylation sites is 4. The Balaban J connectivity index is 1.30. The number of aromatic nitrogens is 2. The Hall–Kier alpha value is -6.29. The van der Waals surface area contributed by atoms with E-state index in [1.165, 1.54) is 98.2 Å². The largest absolute Gasteiger partial charge is 0.309 e. The monoisotopic (exact) mass is 678 g/mol. The first-order valence-corrected chi connectivity index (χ1v) is 18.8. The number of hydrogen-bond donors (Lipinski definition) is 0. The minimum Gasteiger partial charge on any atom is -0.309 e. The second-order valence-corrected chi connectivity index (χ2v) is 15.1. The van der Waals surface area contributed by atoms with Crippen molar-refractivity contribution in [3.05, 3.63) is 204 Å². The fourth-order valence-corrected chi connectivity index (χ4v) is 10.7. The fraction of sp³-hybridized carbons (Fsp3) is 0.0204. The van der Waals surface area contributed by atoms with Gasteiger partial charge in [-0.25, -0.2) is 0 Å². The molecule has 2 nitrogen and oxygen atoms in total. The Morgan fingerprint density at radius 3 is 1.21 bits per heavy atom. The van der Waals surface area contributed by atoms with Crippen molar-refractivity contribution in [1.29, 1.82) is 0 Å². The summed E-state index contributed by atoms with van der Waals surface area (Å²) >= 11 is 1.90. The van der Waals surface area contributed by atoms with Gasteiger partial charge in [-0.3, -0.25) is 0 Å². The first kappa shape index (κ1) is 28.4. The second-order valence-electron chi connectivity index (χ2n) is 14.1. The maximum atomic E-state index is 2.54.